The number of benzene rings is 2. The maximum Gasteiger partial charge on any atom is 0.407 e. The first-order valence-corrected chi connectivity index (χ1v) is 22.7. The van der Waals surface area contributed by atoms with E-state index >= 15 is 4.39 Å². The Labute approximate surface area is 382 Å². The van der Waals surface area contributed by atoms with Crippen molar-refractivity contribution >= 4 is 52.0 Å². The lowest BCUT2D eigenvalue weighted by Crippen LogP contribution is -2.69. The van der Waals surface area contributed by atoms with Crippen LogP contribution in [0, 0.1) is 40.4 Å². The Morgan fingerprint density at radius 2 is 1.67 bits per heavy atom. The SMILES string of the molecule is C[C@@H]1C[C@H]2[C@@H]3CCC4=CC(=O)C=C[C@]4(C)[C@@]3(F)[C@@H](O)C[C@]2(C)[C@@]1(O)C(=O)COC(=O)C1CC1C(=O)OCc1ccc([C@@H](CNC(=O)OC(C)(C)C)C(=O)Nc2ccc3cnccc3c2)cc1. The van der Waals surface area contributed by atoms with Gasteiger partial charge in [0.05, 0.1) is 23.9 Å². The van der Waals surface area contributed by atoms with E-state index in [2.05, 4.69) is 15.6 Å². The Kier molecular flexibility index (Phi) is 12.1. The van der Waals surface area contributed by atoms with Gasteiger partial charge in [-0.1, -0.05) is 55.8 Å². The molecule has 0 bridgehead atoms. The van der Waals surface area contributed by atoms with Crippen LogP contribution in [0.25, 0.3) is 10.8 Å². The van der Waals surface area contributed by atoms with Gasteiger partial charge in [-0.05, 0) is 118 Å². The maximum atomic E-state index is 17.5. The average molecular weight is 908 g/mol. The molecule has 0 spiro atoms. The van der Waals surface area contributed by atoms with Crippen molar-refractivity contribution < 1.29 is 57.6 Å². The number of ether oxygens (including phenoxy) is 3. The van der Waals surface area contributed by atoms with Crippen molar-refractivity contribution in [3.63, 3.8) is 0 Å². The van der Waals surface area contributed by atoms with Crippen LogP contribution < -0.4 is 10.6 Å². The van der Waals surface area contributed by atoms with Crippen LogP contribution in [0.2, 0.25) is 0 Å². The summed E-state index contributed by atoms with van der Waals surface area (Å²) in [4.78, 5) is 82.8. The monoisotopic (exact) mass is 907 g/mol. The van der Waals surface area contributed by atoms with Crippen LogP contribution in [0.4, 0.5) is 14.9 Å². The number of pyridine rings is 1. The highest BCUT2D eigenvalue weighted by molar-refractivity contribution is 6.01. The molecule has 1 heterocycles. The number of esters is 2. The number of fused-ring (bicyclic) bond motifs is 6. The number of anilines is 1. The quantitative estimate of drug-likeness (QED) is 0.112. The Bertz CT molecular complexity index is 2540. The zero-order chi connectivity index (χ0) is 47.6. The molecule has 5 aliphatic carbocycles. The van der Waals surface area contributed by atoms with Crippen molar-refractivity contribution in [3.05, 3.63) is 95.9 Å². The summed E-state index contributed by atoms with van der Waals surface area (Å²) in [7, 11) is 0. The molecule has 2 unspecified atom stereocenters. The average Bonchev–Trinajstić information content (AvgIpc) is 4.05. The molecule has 4 N–H and O–H groups in total. The smallest absolute Gasteiger partial charge is 0.407 e. The molecule has 2 aromatic carbocycles. The van der Waals surface area contributed by atoms with Crippen LogP contribution in [0.15, 0.2) is 84.7 Å². The first-order valence-electron chi connectivity index (χ1n) is 22.7. The third-order valence-corrected chi connectivity index (χ3v) is 15.2. The summed E-state index contributed by atoms with van der Waals surface area (Å²) >= 11 is 0. The van der Waals surface area contributed by atoms with Gasteiger partial charge in [-0.25, -0.2) is 9.18 Å². The number of Topliss-reactive ketones (excluding diaryl/α,β-unsaturated/α-hetero) is 1. The van der Waals surface area contributed by atoms with Gasteiger partial charge < -0.3 is 35.1 Å². The molecule has 11 atom stereocenters. The number of nitrogens with zero attached hydrogens (tertiary/aromatic N) is 1. The number of allylic oxidation sites excluding steroid dienone is 4. The van der Waals surface area contributed by atoms with Crippen molar-refractivity contribution in [2.24, 2.45) is 40.4 Å². The predicted octanol–water partition coefficient (Wildman–Crippen LogP) is 6.62. The van der Waals surface area contributed by atoms with E-state index in [1.807, 2.05) is 18.2 Å². The van der Waals surface area contributed by atoms with Crippen molar-refractivity contribution in [2.75, 3.05) is 18.5 Å². The molecular formula is C51H58FN3O11. The highest BCUT2D eigenvalue weighted by Gasteiger charge is 2.75. The first kappa shape index (κ1) is 46.7. The summed E-state index contributed by atoms with van der Waals surface area (Å²) in [5, 5.41) is 31.3. The molecule has 0 radical (unpaired) electrons. The lowest BCUT2D eigenvalue weighted by Gasteiger charge is -2.62. The van der Waals surface area contributed by atoms with E-state index in [1.54, 1.807) is 90.3 Å². The molecule has 8 rings (SSSR count). The highest BCUT2D eigenvalue weighted by Crippen LogP contribution is 2.70. The number of hydrogen-bond acceptors (Lipinski definition) is 12. The number of alkyl halides is 1. The third kappa shape index (κ3) is 8.22. The van der Waals surface area contributed by atoms with E-state index in [0.717, 1.165) is 10.8 Å². The Hall–Kier alpha value is -5.80. The Morgan fingerprint density at radius 1 is 0.955 bits per heavy atom. The standard InChI is InChI=1S/C51H58FN3O11/c1-28-19-40-39-14-12-33-21-35(56)15-17-48(33,5)50(39,52)41(57)23-49(40,6)51(28,63)42(58)27-65-45(61)37-22-36(37)44(60)64-26-29-7-9-30(10-8-29)38(25-54-46(62)66-47(2,3)4)43(59)55-34-13-11-32-24-53-18-16-31(32)20-34/h7-11,13,15-18,20-21,24,28,36-41,57,63H,12,14,19,22-23,25-27H2,1-6H3,(H,54,62)(H,55,59)/t28-,36?,37?,38-,39+,40+,41+,48+,49+,50+,51+/m1/s1. The second-order valence-electron chi connectivity index (χ2n) is 20.4. The molecule has 1 aromatic heterocycles. The van der Waals surface area contributed by atoms with E-state index in [4.69, 9.17) is 14.2 Å². The molecule has 4 saturated carbocycles. The summed E-state index contributed by atoms with van der Waals surface area (Å²) < 4.78 is 33.9. The van der Waals surface area contributed by atoms with Crippen LogP contribution in [0.3, 0.4) is 0 Å². The van der Waals surface area contributed by atoms with Crippen LogP contribution >= 0.6 is 0 Å². The van der Waals surface area contributed by atoms with Gasteiger partial charge in [0.2, 0.25) is 11.7 Å². The van der Waals surface area contributed by atoms with Gasteiger partial charge in [0, 0.05) is 46.8 Å². The van der Waals surface area contributed by atoms with Crippen LogP contribution in [0.5, 0.6) is 0 Å². The van der Waals surface area contributed by atoms with Crippen LogP contribution in [-0.2, 0) is 44.8 Å². The topological polar surface area (TPSA) is 208 Å². The number of nitrogens with one attached hydrogen (secondary N) is 2. The van der Waals surface area contributed by atoms with Gasteiger partial charge in [0.1, 0.15) is 17.8 Å². The maximum absolute atomic E-state index is 17.5. The van der Waals surface area contributed by atoms with Gasteiger partial charge in [0.25, 0.3) is 0 Å². The lowest BCUT2D eigenvalue weighted by atomic mass is 9.44. The number of carbonyl (C=O) groups excluding carboxylic acids is 6. The molecule has 14 nitrogen and oxygen atoms in total. The number of ketones is 2. The number of hydrogen-bond donors (Lipinski definition) is 4. The van der Waals surface area contributed by atoms with E-state index in [1.165, 1.54) is 12.2 Å². The molecular weight excluding hydrogens is 850 g/mol. The minimum atomic E-state index is -2.13. The van der Waals surface area contributed by atoms with Crippen LogP contribution in [0.1, 0.15) is 90.7 Å². The van der Waals surface area contributed by atoms with E-state index in [-0.39, 0.29) is 37.7 Å². The van der Waals surface area contributed by atoms with E-state index < -0.39 is 99.7 Å². The van der Waals surface area contributed by atoms with Crippen molar-refractivity contribution in [1.29, 1.82) is 0 Å². The number of alkyl carbamates (subject to hydrolysis) is 1. The number of halogens is 1. The fourth-order valence-electron chi connectivity index (χ4n) is 11.6. The zero-order valence-electron chi connectivity index (χ0n) is 38.1. The van der Waals surface area contributed by atoms with Crippen LogP contribution in [-0.4, -0.2) is 86.8 Å². The largest absolute Gasteiger partial charge is 0.461 e. The number of carbonyl (C=O) groups is 6. The molecule has 0 saturated heterocycles. The number of aliphatic hydroxyl groups is 2. The first-order chi connectivity index (χ1) is 31.1. The number of rotatable bonds is 12. The second-order valence-corrected chi connectivity index (χ2v) is 20.4. The van der Waals surface area contributed by atoms with Gasteiger partial charge in [-0.2, -0.15) is 0 Å². The molecule has 350 valence electrons. The van der Waals surface area contributed by atoms with Gasteiger partial charge in [-0.3, -0.25) is 29.0 Å². The summed E-state index contributed by atoms with van der Waals surface area (Å²) in [5.74, 6) is -7.02. The minimum absolute atomic E-state index is 0.0695. The lowest BCUT2D eigenvalue weighted by molar-refractivity contribution is -0.220. The van der Waals surface area contributed by atoms with E-state index in [9.17, 15) is 39.0 Å². The molecule has 15 heteroatoms. The fraction of sp³-hybridized carbons (Fsp3) is 0.510. The van der Waals surface area contributed by atoms with Gasteiger partial charge >= 0.3 is 18.0 Å². The van der Waals surface area contributed by atoms with Gasteiger partial charge in [0.15, 0.2) is 18.1 Å². The molecule has 4 fully saturated rings. The van der Waals surface area contributed by atoms with Gasteiger partial charge in [-0.15, -0.1) is 0 Å². The third-order valence-electron chi connectivity index (χ3n) is 15.2. The number of aromatic nitrogens is 1. The summed E-state index contributed by atoms with van der Waals surface area (Å²) in [6.45, 7) is 9.39. The molecule has 0 aliphatic heterocycles. The number of amides is 2. The minimum Gasteiger partial charge on any atom is -0.461 e. The molecule has 5 aliphatic rings. The molecule has 66 heavy (non-hydrogen) atoms. The van der Waals surface area contributed by atoms with Crippen molar-refractivity contribution in [1.82, 2.24) is 10.3 Å². The fourth-order valence-corrected chi connectivity index (χ4v) is 11.6. The Morgan fingerprint density at radius 3 is 2.38 bits per heavy atom. The second kappa shape index (κ2) is 17.1. The highest BCUT2D eigenvalue weighted by atomic mass is 19.1. The summed E-state index contributed by atoms with van der Waals surface area (Å²) in [6, 6.07) is 14.1. The molecule has 2 amide bonds. The predicted molar refractivity (Wildman–Crippen MR) is 239 cm³/mol. The number of aliphatic hydroxyl groups excluding tert-OH is 1. The molecule has 3 aromatic rings. The zero-order valence-corrected chi connectivity index (χ0v) is 38.1. The van der Waals surface area contributed by atoms with Crippen molar-refractivity contribution in [3.8, 4) is 0 Å². The summed E-state index contributed by atoms with van der Waals surface area (Å²) in [5.41, 5.74) is -4.97. The summed E-state index contributed by atoms with van der Waals surface area (Å²) in [6.07, 6.45) is 6.56. The van der Waals surface area contributed by atoms with E-state index in [0.29, 0.717) is 41.6 Å². The van der Waals surface area contributed by atoms with Crippen molar-refractivity contribution in [2.45, 2.75) is 109 Å². The normalized spacial score (nSPS) is 32.4. The Balaban J connectivity index is 0.856.